The Balaban J connectivity index is 2.59. The van der Waals surface area contributed by atoms with Crippen molar-refractivity contribution >= 4 is 5.97 Å². The van der Waals surface area contributed by atoms with Gasteiger partial charge in [0.05, 0.1) is 6.54 Å². The van der Waals surface area contributed by atoms with Crippen LogP contribution in [0.4, 0.5) is 8.78 Å². The fourth-order valence-electron chi connectivity index (χ4n) is 1.81. The standard InChI is InChI=1S/C8H13F2NO2/c1-5-2-3-11(4-6(9)10)7(5)8(12)13/h5-7H,2-4H2,1H3,(H,12,13). The number of carboxylic acids is 1. The number of hydrogen-bond donors (Lipinski definition) is 1. The van der Waals surface area contributed by atoms with E-state index < -0.39 is 25.0 Å². The summed E-state index contributed by atoms with van der Waals surface area (Å²) < 4.78 is 24.0. The number of hydrogen-bond acceptors (Lipinski definition) is 2. The molecule has 0 aromatic rings. The molecule has 0 spiro atoms. The van der Waals surface area contributed by atoms with Crippen LogP contribution in [0.2, 0.25) is 0 Å². The lowest BCUT2D eigenvalue weighted by molar-refractivity contribution is -0.143. The zero-order chi connectivity index (χ0) is 10.0. The molecule has 0 bridgehead atoms. The van der Waals surface area contributed by atoms with E-state index >= 15 is 0 Å². The Morgan fingerprint density at radius 1 is 1.69 bits per heavy atom. The monoisotopic (exact) mass is 193 g/mol. The average Bonchev–Trinajstić information content (AvgIpc) is 2.30. The maximum absolute atomic E-state index is 12.0. The van der Waals surface area contributed by atoms with E-state index in [9.17, 15) is 13.6 Å². The molecule has 5 heteroatoms. The molecule has 2 atom stereocenters. The minimum atomic E-state index is -2.45. The van der Waals surface area contributed by atoms with Crippen LogP contribution in [0.5, 0.6) is 0 Å². The fourth-order valence-corrected chi connectivity index (χ4v) is 1.81. The minimum absolute atomic E-state index is 0.0313. The second kappa shape index (κ2) is 4.00. The highest BCUT2D eigenvalue weighted by atomic mass is 19.3. The maximum atomic E-state index is 12.0. The topological polar surface area (TPSA) is 40.5 Å². The largest absolute Gasteiger partial charge is 0.480 e. The van der Waals surface area contributed by atoms with Crippen LogP contribution in [0.25, 0.3) is 0 Å². The Kier molecular flexibility index (Phi) is 3.19. The Bertz CT molecular complexity index is 199. The van der Waals surface area contributed by atoms with Crippen molar-refractivity contribution in [2.24, 2.45) is 5.92 Å². The van der Waals surface area contributed by atoms with E-state index in [1.807, 2.05) is 0 Å². The molecule has 0 radical (unpaired) electrons. The summed E-state index contributed by atoms with van der Waals surface area (Å²) >= 11 is 0. The van der Waals surface area contributed by atoms with Crippen molar-refractivity contribution in [1.29, 1.82) is 0 Å². The Hall–Kier alpha value is -0.710. The molecule has 0 aliphatic carbocycles. The van der Waals surface area contributed by atoms with Crippen molar-refractivity contribution in [3.8, 4) is 0 Å². The highest BCUT2D eigenvalue weighted by molar-refractivity contribution is 5.74. The summed E-state index contributed by atoms with van der Waals surface area (Å²) in [5.41, 5.74) is 0. The smallest absolute Gasteiger partial charge is 0.321 e. The number of aliphatic carboxylic acids is 1. The molecule has 2 unspecified atom stereocenters. The number of alkyl halides is 2. The van der Waals surface area contributed by atoms with E-state index in [2.05, 4.69) is 0 Å². The molecule has 0 aromatic heterocycles. The Morgan fingerprint density at radius 3 is 2.77 bits per heavy atom. The fraction of sp³-hybridized carbons (Fsp3) is 0.875. The number of carbonyl (C=O) groups is 1. The van der Waals surface area contributed by atoms with Crippen molar-refractivity contribution in [2.75, 3.05) is 13.1 Å². The highest BCUT2D eigenvalue weighted by Gasteiger charge is 2.37. The molecule has 0 saturated carbocycles. The van der Waals surface area contributed by atoms with Gasteiger partial charge in [-0.2, -0.15) is 0 Å². The quantitative estimate of drug-likeness (QED) is 0.728. The van der Waals surface area contributed by atoms with Crippen LogP contribution in [0.15, 0.2) is 0 Å². The lowest BCUT2D eigenvalue weighted by atomic mass is 10.0. The van der Waals surface area contributed by atoms with Gasteiger partial charge in [-0.25, -0.2) is 8.78 Å². The molecule has 1 aliphatic rings. The first kappa shape index (κ1) is 10.4. The zero-order valence-electron chi connectivity index (χ0n) is 7.41. The third-order valence-corrected chi connectivity index (χ3v) is 2.43. The molecular weight excluding hydrogens is 180 g/mol. The van der Waals surface area contributed by atoms with Gasteiger partial charge in [-0.3, -0.25) is 9.69 Å². The summed E-state index contributed by atoms with van der Waals surface area (Å²) in [6, 6.07) is -0.728. The number of likely N-dealkylation sites (tertiary alicyclic amines) is 1. The van der Waals surface area contributed by atoms with E-state index in [1.165, 1.54) is 4.90 Å². The lowest BCUT2D eigenvalue weighted by Crippen LogP contribution is -2.41. The molecule has 1 rings (SSSR count). The average molecular weight is 193 g/mol. The summed E-state index contributed by atoms with van der Waals surface area (Å²) in [4.78, 5) is 12.1. The summed E-state index contributed by atoms with van der Waals surface area (Å²) in [5.74, 6) is -1.03. The molecule has 76 valence electrons. The van der Waals surface area contributed by atoms with E-state index in [0.717, 1.165) is 0 Å². The summed E-state index contributed by atoms with van der Waals surface area (Å²) in [5, 5.41) is 8.78. The molecule has 1 N–H and O–H groups in total. The molecule has 1 heterocycles. The first-order chi connectivity index (χ1) is 6.02. The van der Waals surface area contributed by atoms with Gasteiger partial charge >= 0.3 is 5.97 Å². The second-order valence-electron chi connectivity index (χ2n) is 3.44. The lowest BCUT2D eigenvalue weighted by Gasteiger charge is -2.22. The molecular formula is C8H13F2NO2. The van der Waals surface area contributed by atoms with E-state index in [-0.39, 0.29) is 5.92 Å². The van der Waals surface area contributed by atoms with Gasteiger partial charge < -0.3 is 5.11 Å². The molecule has 0 aromatic carbocycles. The van der Waals surface area contributed by atoms with Crippen LogP contribution < -0.4 is 0 Å². The van der Waals surface area contributed by atoms with Crippen molar-refractivity contribution in [1.82, 2.24) is 4.90 Å². The highest BCUT2D eigenvalue weighted by Crippen LogP contribution is 2.24. The number of nitrogens with zero attached hydrogens (tertiary/aromatic N) is 1. The van der Waals surface area contributed by atoms with Gasteiger partial charge in [-0.1, -0.05) is 6.92 Å². The number of carboxylic acid groups (broad SMARTS) is 1. The SMILES string of the molecule is CC1CCN(CC(F)F)C1C(=O)O. The van der Waals surface area contributed by atoms with Gasteiger partial charge in [-0.05, 0) is 18.9 Å². The van der Waals surface area contributed by atoms with Gasteiger partial charge in [0.15, 0.2) is 0 Å². The second-order valence-corrected chi connectivity index (χ2v) is 3.44. The predicted octanol–water partition coefficient (Wildman–Crippen LogP) is 1.05. The predicted molar refractivity (Wildman–Crippen MR) is 42.8 cm³/mol. The first-order valence-electron chi connectivity index (χ1n) is 4.27. The van der Waals surface area contributed by atoms with Crippen LogP contribution in [0.3, 0.4) is 0 Å². The van der Waals surface area contributed by atoms with Gasteiger partial charge in [-0.15, -0.1) is 0 Å². The molecule has 0 amide bonds. The van der Waals surface area contributed by atoms with Crippen molar-refractivity contribution in [2.45, 2.75) is 25.8 Å². The van der Waals surface area contributed by atoms with Gasteiger partial charge in [0, 0.05) is 0 Å². The van der Waals surface area contributed by atoms with Crippen molar-refractivity contribution < 1.29 is 18.7 Å². The van der Waals surface area contributed by atoms with E-state index in [1.54, 1.807) is 6.92 Å². The summed E-state index contributed by atoms with van der Waals surface area (Å²) in [7, 11) is 0. The number of rotatable bonds is 3. The molecule has 13 heavy (non-hydrogen) atoms. The Labute approximate surface area is 75.3 Å². The van der Waals surface area contributed by atoms with Crippen LogP contribution in [-0.2, 0) is 4.79 Å². The third-order valence-electron chi connectivity index (χ3n) is 2.43. The van der Waals surface area contributed by atoms with Gasteiger partial charge in [0.1, 0.15) is 6.04 Å². The summed E-state index contributed by atoms with van der Waals surface area (Å²) in [6.07, 6.45) is -1.77. The van der Waals surface area contributed by atoms with Crippen LogP contribution in [-0.4, -0.2) is 41.5 Å². The zero-order valence-corrected chi connectivity index (χ0v) is 7.41. The van der Waals surface area contributed by atoms with Gasteiger partial charge in [0.2, 0.25) is 0 Å². The normalized spacial score (nSPS) is 29.8. The summed E-state index contributed by atoms with van der Waals surface area (Å²) in [6.45, 7) is 1.81. The minimum Gasteiger partial charge on any atom is -0.480 e. The van der Waals surface area contributed by atoms with Crippen LogP contribution in [0.1, 0.15) is 13.3 Å². The molecule has 1 fully saturated rings. The molecule has 3 nitrogen and oxygen atoms in total. The van der Waals surface area contributed by atoms with E-state index in [0.29, 0.717) is 13.0 Å². The molecule has 1 aliphatic heterocycles. The van der Waals surface area contributed by atoms with Crippen molar-refractivity contribution in [3.63, 3.8) is 0 Å². The van der Waals surface area contributed by atoms with E-state index in [4.69, 9.17) is 5.11 Å². The maximum Gasteiger partial charge on any atom is 0.321 e. The first-order valence-corrected chi connectivity index (χ1v) is 4.27. The van der Waals surface area contributed by atoms with Crippen LogP contribution in [0, 0.1) is 5.92 Å². The van der Waals surface area contributed by atoms with Crippen molar-refractivity contribution in [3.05, 3.63) is 0 Å². The number of halogens is 2. The molecule has 1 saturated heterocycles. The third kappa shape index (κ3) is 2.37. The van der Waals surface area contributed by atoms with Crippen LogP contribution >= 0.6 is 0 Å². The Morgan fingerprint density at radius 2 is 2.31 bits per heavy atom. The van der Waals surface area contributed by atoms with Gasteiger partial charge in [0.25, 0.3) is 6.43 Å².